The first-order chi connectivity index (χ1) is 13.3. The number of fused-ring (bicyclic) bond motifs is 1. The minimum absolute atomic E-state index is 0.0316. The van der Waals surface area contributed by atoms with Gasteiger partial charge in [0.05, 0.1) is 12.7 Å². The summed E-state index contributed by atoms with van der Waals surface area (Å²) in [5, 5.41) is 3.27. The summed E-state index contributed by atoms with van der Waals surface area (Å²) in [5.74, 6) is 0.741. The number of carbonyl (C=O) groups is 1. The van der Waals surface area contributed by atoms with Gasteiger partial charge < -0.3 is 14.8 Å². The van der Waals surface area contributed by atoms with Crippen LogP contribution < -0.4 is 5.32 Å². The first kappa shape index (κ1) is 18.9. The molecule has 5 heteroatoms. The minimum atomic E-state index is 0.0316. The standard InChI is InChI=1S/C22H32N2O3/c1-26-15-19-20(18-9-12-27-21(18)19)23-22(25)17-8-6-7-16(13-17)14-24-10-4-2-3-5-11-24/h6-8,13,18-21H,2-5,9-12,14-15H2,1H3,(H,23,25)/t18-,19-,20-,21-/m0/s1. The highest BCUT2D eigenvalue weighted by Gasteiger charge is 2.54. The molecule has 0 aromatic heterocycles. The van der Waals surface area contributed by atoms with Crippen molar-refractivity contribution < 1.29 is 14.3 Å². The minimum Gasteiger partial charge on any atom is -0.384 e. The van der Waals surface area contributed by atoms with E-state index in [2.05, 4.69) is 22.3 Å². The SMILES string of the molecule is COC[C@H]1[C@@H](NC(=O)c2cccc(CN3CCCCCC3)c2)[C@@H]2CCO[C@@H]21. The Morgan fingerprint density at radius 1 is 1.26 bits per heavy atom. The Hall–Kier alpha value is -1.43. The highest BCUT2D eigenvalue weighted by molar-refractivity contribution is 5.94. The molecule has 0 bridgehead atoms. The summed E-state index contributed by atoms with van der Waals surface area (Å²) >= 11 is 0. The van der Waals surface area contributed by atoms with Crippen molar-refractivity contribution in [1.82, 2.24) is 10.2 Å². The highest BCUT2D eigenvalue weighted by Crippen LogP contribution is 2.43. The van der Waals surface area contributed by atoms with Crippen LogP contribution in [0, 0.1) is 11.8 Å². The number of rotatable bonds is 6. The van der Waals surface area contributed by atoms with E-state index in [1.807, 2.05) is 12.1 Å². The molecule has 2 heterocycles. The van der Waals surface area contributed by atoms with Gasteiger partial charge in [0.15, 0.2) is 0 Å². The molecule has 3 fully saturated rings. The van der Waals surface area contributed by atoms with Crippen molar-refractivity contribution in [2.45, 2.75) is 50.8 Å². The van der Waals surface area contributed by atoms with Gasteiger partial charge in [-0.2, -0.15) is 0 Å². The number of ether oxygens (including phenoxy) is 2. The molecule has 1 N–H and O–H groups in total. The zero-order valence-corrected chi connectivity index (χ0v) is 16.4. The Morgan fingerprint density at radius 3 is 2.85 bits per heavy atom. The Bertz CT molecular complexity index is 642. The molecule has 1 saturated carbocycles. The van der Waals surface area contributed by atoms with E-state index in [0.29, 0.717) is 12.5 Å². The van der Waals surface area contributed by atoms with E-state index in [0.717, 1.165) is 25.1 Å². The lowest BCUT2D eigenvalue weighted by Crippen LogP contribution is -2.62. The third kappa shape index (κ3) is 4.20. The van der Waals surface area contributed by atoms with Gasteiger partial charge >= 0.3 is 0 Å². The predicted molar refractivity (Wildman–Crippen MR) is 105 cm³/mol. The third-order valence-corrected chi connectivity index (χ3v) is 6.48. The van der Waals surface area contributed by atoms with Crippen molar-refractivity contribution in [3.05, 3.63) is 35.4 Å². The number of nitrogens with one attached hydrogen (secondary N) is 1. The molecule has 3 aliphatic rings. The zero-order valence-electron chi connectivity index (χ0n) is 16.4. The van der Waals surface area contributed by atoms with Crippen LogP contribution in [-0.4, -0.2) is 56.4 Å². The maximum atomic E-state index is 12.9. The zero-order chi connectivity index (χ0) is 18.6. The second-order valence-electron chi connectivity index (χ2n) is 8.30. The first-order valence-corrected chi connectivity index (χ1v) is 10.5. The Morgan fingerprint density at radius 2 is 2.07 bits per heavy atom. The molecule has 5 nitrogen and oxygen atoms in total. The lowest BCUT2D eigenvalue weighted by molar-refractivity contribution is -0.0809. The average Bonchev–Trinajstić information content (AvgIpc) is 2.94. The maximum Gasteiger partial charge on any atom is 0.251 e. The van der Waals surface area contributed by atoms with Gasteiger partial charge in [0.1, 0.15) is 0 Å². The van der Waals surface area contributed by atoms with Crippen molar-refractivity contribution in [3.63, 3.8) is 0 Å². The van der Waals surface area contributed by atoms with E-state index in [1.165, 1.54) is 44.3 Å². The fraction of sp³-hybridized carbons (Fsp3) is 0.682. The summed E-state index contributed by atoms with van der Waals surface area (Å²) in [6, 6.07) is 8.30. The molecule has 4 rings (SSSR count). The molecular weight excluding hydrogens is 340 g/mol. The van der Waals surface area contributed by atoms with E-state index in [9.17, 15) is 4.79 Å². The number of methoxy groups -OCH3 is 1. The maximum absolute atomic E-state index is 12.9. The van der Waals surface area contributed by atoms with Crippen molar-refractivity contribution in [3.8, 4) is 0 Å². The number of hydrogen-bond donors (Lipinski definition) is 1. The van der Waals surface area contributed by atoms with Crippen LogP contribution in [0.2, 0.25) is 0 Å². The molecule has 4 atom stereocenters. The van der Waals surface area contributed by atoms with E-state index >= 15 is 0 Å². The highest BCUT2D eigenvalue weighted by atomic mass is 16.5. The third-order valence-electron chi connectivity index (χ3n) is 6.48. The van der Waals surface area contributed by atoms with E-state index in [4.69, 9.17) is 9.47 Å². The van der Waals surface area contributed by atoms with E-state index < -0.39 is 0 Å². The molecule has 2 aliphatic heterocycles. The number of likely N-dealkylation sites (tertiary alicyclic amines) is 1. The summed E-state index contributed by atoms with van der Waals surface area (Å²) in [6.45, 7) is 4.71. The normalized spacial score (nSPS) is 31.0. The van der Waals surface area contributed by atoms with Crippen LogP contribution in [0.1, 0.15) is 48.0 Å². The number of carbonyl (C=O) groups excluding carboxylic acids is 1. The lowest BCUT2D eigenvalue weighted by atomic mass is 9.67. The number of nitrogens with zero attached hydrogens (tertiary/aromatic N) is 1. The molecule has 1 aromatic rings. The fourth-order valence-corrected chi connectivity index (χ4v) is 5.03. The molecule has 0 spiro atoms. The molecule has 1 aromatic carbocycles. The Labute approximate surface area is 162 Å². The lowest BCUT2D eigenvalue weighted by Gasteiger charge is -2.47. The number of amides is 1. The molecular formula is C22H32N2O3. The van der Waals surface area contributed by atoms with Crippen LogP contribution in [-0.2, 0) is 16.0 Å². The summed E-state index contributed by atoms with van der Waals surface area (Å²) in [6.07, 6.45) is 6.54. The van der Waals surface area contributed by atoms with Crippen LogP contribution in [0.4, 0.5) is 0 Å². The van der Waals surface area contributed by atoms with Crippen LogP contribution in [0.5, 0.6) is 0 Å². The summed E-state index contributed by atoms with van der Waals surface area (Å²) < 4.78 is 11.2. The largest absolute Gasteiger partial charge is 0.384 e. The fourth-order valence-electron chi connectivity index (χ4n) is 5.03. The number of hydrogen-bond acceptors (Lipinski definition) is 4. The van der Waals surface area contributed by atoms with Crippen LogP contribution in [0.3, 0.4) is 0 Å². The molecule has 1 aliphatic carbocycles. The summed E-state index contributed by atoms with van der Waals surface area (Å²) in [5.41, 5.74) is 1.99. The van der Waals surface area contributed by atoms with Crippen LogP contribution in [0.15, 0.2) is 24.3 Å². The first-order valence-electron chi connectivity index (χ1n) is 10.5. The van der Waals surface area contributed by atoms with Crippen molar-refractivity contribution in [2.24, 2.45) is 11.8 Å². The van der Waals surface area contributed by atoms with Crippen molar-refractivity contribution in [1.29, 1.82) is 0 Å². The van der Waals surface area contributed by atoms with Gasteiger partial charge in [0.25, 0.3) is 5.91 Å². The smallest absolute Gasteiger partial charge is 0.251 e. The predicted octanol–water partition coefficient (Wildman–Crippen LogP) is 2.84. The summed E-state index contributed by atoms with van der Waals surface area (Å²) in [4.78, 5) is 15.4. The van der Waals surface area contributed by atoms with Gasteiger partial charge in [-0.15, -0.1) is 0 Å². The van der Waals surface area contributed by atoms with Crippen molar-refractivity contribution >= 4 is 5.91 Å². The second-order valence-corrected chi connectivity index (χ2v) is 8.30. The van der Waals surface area contributed by atoms with Gasteiger partial charge in [0.2, 0.25) is 0 Å². The molecule has 2 saturated heterocycles. The Kier molecular flexibility index (Phi) is 6.11. The summed E-state index contributed by atoms with van der Waals surface area (Å²) in [7, 11) is 1.72. The molecule has 0 unspecified atom stereocenters. The van der Waals surface area contributed by atoms with Gasteiger partial charge in [-0.05, 0) is 50.0 Å². The molecule has 27 heavy (non-hydrogen) atoms. The van der Waals surface area contributed by atoms with Gasteiger partial charge in [-0.25, -0.2) is 0 Å². The van der Waals surface area contributed by atoms with Crippen LogP contribution >= 0.6 is 0 Å². The monoisotopic (exact) mass is 372 g/mol. The average molecular weight is 373 g/mol. The van der Waals surface area contributed by atoms with Crippen LogP contribution in [0.25, 0.3) is 0 Å². The van der Waals surface area contributed by atoms with Gasteiger partial charge in [0, 0.05) is 43.7 Å². The second kappa shape index (κ2) is 8.72. The van der Waals surface area contributed by atoms with Crippen molar-refractivity contribution in [2.75, 3.05) is 33.4 Å². The van der Waals surface area contributed by atoms with Gasteiger partial charge in [-0.3, -0.25) is 9.69 Å². The quantitative estimate of drug-likeness (QED) is 0.834. The topological polar surface area (TPSA) is 50.8 Å². The number of benzene rings is 1. The van der Waals surface area contributed by atoms with Gasteiger partial charge in [-0.1, -0.05) is 25.0 Å². The molecule has 148 valence electrons. The molecule has 0 radical (unpaired) electrons. The molecule has 1 amide bonds. The van der Waals surface area contributed by atoms with E-state index in [1.54, 1.807) is 7.11 Å². The van der Waals surface area contributed by atoms with E-state index in [-0.39, 0.29) is 24.0 Å². The Balaban J connectivity index is 1.38.